The molecule has 0 fully saturated rings. The molecule has 2 aromatic rings. The van der Waals surface area contributed by atoms with Gasteiger partial charge in [0.2, 0.25) is 5.91 Å². The number of carbonyl (C=O) groups excluding carboxylic acids is 1. The number of benzene rings is 2. The molecule has 1 amide bonds. The van der Waals surface area contributed by atoms with Crippen LogP contribution in [0.15, 0.2) is 48.5 Å². The first kappa shape index (κ1) is 19.1. The molecule has 0 radical (unpaired) electrons. The van der Waals surface area contributed by atoms with Crippen LogP contribution in [-0.4, -0.2) is 30.8 Å². The average molecular weight is 345 g/mol. The molecule has 0 saturated carbocycles. The highest BCUT2D eigenvalue weighted by Crippen LogP contribution is 2.07. The van der Waals surface area contributed by atoms with E-state index >= 15 is 0 Å². The predicted molar refractivity (Wildman–Crippen MR) is 94.6 cm³/mol. The second-order valence-corrected chi connectivity index (χ2v) is 5.86. The van der Waals surface area contributed by atoms with Crippen LogP contribution in [0, 0.1) is 5.82 Å². The SMILES string of the molecule is O=C(COCc1ccc(F)cc1)NCCCc1ccc(CCO)cc1. The lowest BCUT2D eigenvalue weighted by molar-refractivity contribution is -0.126. The number of rotatable bonds is 10. The summed E-state index contributed by atoms with van der Waals surface area (Å²) in [6, 6.07) is 14.2. The Balaban J connectivity index is 1.56. The van der Waals surface area contributed by atoms with Gasteiger partial charge in [-0.15, -0.1) is 0 Å². The summed E-state index contributed by atoms with van der Waals surface area (Å²) in [7, 11) is 0. The number of aliphatic hydroxyl groups excluding tert-OH is 1. The molecular weight excluding hydrogens is 321 g/mol. The summed E-state index contributed by atoms with van der Waals surface area (Å²) in [5.41, 5.74) is 3.17. The van der Waals surface area contributed by atoms with Gasteiger partial charge in [0.25, 0.3) is 0 Å². The van der Waals surface area contributed by atoms with E-state index in [1.807, 2.05) is 12.1 Å². The van der Waals surface area contributed by atoms with Crippen LogP contribution in [0.5, 0.6) is 0 Å². The number of amides is 1. The average Bonchev–Trinajstić information content (AvgIpc) is 2.62. The molecule has 0 saturated heterocycles. The van der Waals surface area contributed by atoms with Crippen molar-refractivity contribution in [3.05, 3.63) is 71.0 Å². The number of hydrogen-bond acceptors (Lipinski definition) is 3. The van der Waals surface area contributed by atoms with E-state index in [1.54, 1.807) is 12.1 Å². The fraction of sp³-hybridized carbons (Fsp3) is 0.350. The van der Waals surface area contributed by atoms with E-state index in [-0.39, 0.29) is 31.5 Å². The van der Waals surface area contributed by atoms with Gasteiger partial charge in [0, 0.05) is 13.2 Å². The number of aryl methyl sites for hydroxylation is 1. The van der Waals surface area contributed by atoms with Gasteiger partial charge in [-0.05, 0) is 48.1 Å². The normalized spacial score (nSPS) is 10.6. The standard InChI is InChI=1S/C20H24FNO3/c21-19-9-7-18(8-10-19)14-25-15-20(24)22-12-1-2-16-3-5-17(6-4-16)11-13-23/h3-10,23H,1-2,11-15H2,(H,22,24). The van der Waals surface area contributed by atoms with Gasteiger partial charge in [0.1, 0.15) is 12.4 Å². The molecule has 2 aromatic carbocycles. The van der Waals surface area contributed by atoms with Crippen molar-refractivity contribution in [2.75, 3.05) is 19.8 Å². The largest absolute Gasteiger partial charge is 0.396 e. The maximum atomic E-state index is 12.8. The molecule has 5 heteroatoms. The van der Waals surface area contributed by atoms with Crippen LogP contribution in [0.1, 0.15) is 23.1 Å². The van der Waals surface area contributed by atoms with Crippen LogP contribution in [0.3, 0.4) is 0 Å². The summed E-state index contributed by atoms with van der Waals surface area (Å²) in [6.45, 7) is 1.03. The minimum absolute atomic E-state index is 0.00671. The second kappa shape index (κ2) is 10.6. The van der Waals surface area contributed by atoms with E-state index in [4.69, 9.17) is 9.84 Å². The maximum absolute atomic E-state index is 12.8. The van der Waals surface area contributed by atoms with E-state index in [0.29, 0.717) is 13.0 Å². The lowest BCUT2D eigenvalue weighted by Crippen LogP contribution is -2.28. The van der Waals surface area contributed by atoms with Crippen LogP contribution in [0.25, 0.3) is 0 Å². The summed E-state index contributed by atoms with van der Waals surface area (Å²) >= 11 is 0. The number of halogens is 1. The lowest BCUT2D eigenvalue weighted by Gasteiger charge is -2.07. The van der Waals surface area contributed by atoms with Crippen molar-refractivity contribution in [1.29, 1.82) is 0 Å². The summed E-state index contributed by atoms with van der Waals surface area (Å²) in [5.74, 6) is -0.440. The summed E-state index contributed by atoms with van der Waals surface area (Å²) in [4.78, 5) is 11.7. The van der Waals surface area contributed by atoms with Crippen molar-refractivity contribution in [3.63, 3.8) is 0 Å². The van der Waals surface area contributed by atoms with E-state index in [1.165, 1.54) is 17.7 Å². The molecule has 0 aromatic heterocycles. The van der Waals surface area contributed by atoms with Gasteiger partial charge >= 0.3 is 0 Å². The Labute approximate surface area is 147 Å². The molecular formula is C20H24FNO3. The summed E-state index contributed by atoms with van der Waals surface area (Å²) in [5, 5.41) is 11.7. The first-order valence-electron chi connectivity index (χ1n) is 8.45. The fourth-order valence-corrected chi connectivity index (χ4v) is 2.42. The number of carbonyl (C=O) groups is 1. The molecule has 2 rings (SSSR count). The third kappa shape index (κ3) is 7.45. The zero-order valence-electron chi connectivity index (χ0n) is 14.2. The molecule has 0 heterocycles. The molecule has 0 aliphatic carbocycles. The topological polar surface area (TPSA) is 58.6 Å². The van der Waals surface area contributed by atoms with Gasteiger partial charge in [-0.2, -0.15) is 0 Å². The van der Waals surface area contributed by atoms with Gasteiger partial charge in [-0.25, -0.2) is 4.39 Å². The monoisotopic (exact) mass is 345 g/mol. The molecule has 134 valence electrons. The Morgan fingerprint density at radius 3 is 2.20 bits per heavy atom. The Morgan fingerprint density at radius 1 is 0.960 bits per heavy atom. The predicted octanol–water partition coefficient (Wildman–Crippen LogP) is 2.63. The molecule has 0 atom stereocenters. The van der Waals surface area contributed by atoms with E-state index in [2.05, 4.69) is 17.4 Å². The highest BCUT2D eigenvalue weighted by molar-refractivity contribution is 5.77. The number of aliphatic hydroxyl groups is 1. The molecule has 0 aliphatic rings. The minimum Gasteiger partial charge on any atom is -0.396 e. The van der Waals surface area contributed by atoms with Gasteiger partial charge < -0.3 is 15.2 Å². The molecule has 0 spiro atoms. The fourth-order valence-electron chi connectivity index (χ4n) is 2.42. The number of hydrogen-bond donors (Lipinski definition) is 2. The zero-order valence-corrected chi connectivity index (χ0v) is 14.2. The first-order valence-corrected chi connectivity index (χ1v) is 8.45. The van der Waals surface area contributed by atoms with Crippen molar-refractivity contribution in [1.82, 2.24) is 5.32 Å². The van der Waals surface area contributed by atoms with E-state index in [0.717, 1.165) is 24.0 Å². The van der Waals surface area contributed by atoms with Gasteiger partial charge in [-0.3, -0.25) is 4.79 Å². The molecule has 2 N–H and O–H groups in total. The lowest BCUT2D eigenvalue weighted by atomic mass is 10.1. The van der Waals surface area contributed by atoms with Gasteiger partial charge in [0.05, 0.1) is 6.61 Å². The van der Waals surface area contributed by atoms with Gasteiger partial charge in [0.15, 0.2) is 0 Å². The quantitative estimate of drug-likeness (QED) is 0.651. The Hall–Kier alpha value is -2.24. The highest BCUT2D eigenvalue weighted by Gasteiger charge is 2.02. The maximum Gasteiger partial charge on any atom is 0.246 e. The molecule has 25 heavy (non-hydrogen) atoms. The molecule has 4 nitrogen and oxygen atoms in total. The smallest absolute Gasteiger partial charge is 0.246 e. The number of nitrogens with one attached hydrogen (secondary N) is 1. The van der Waals surface area contributed by atoms with Crippen molar-refractivity contribution in [2.24, 2.45) is 0 Å². The van der Waals surface area contributed by atoms with Crippen LogP contribution >= 0.6 is 0 Å². The highest BCUT2D eigenvalue weighted by atomic mass is 19.1. The van der Waals surface area contributed by atoms with Crippen molar-refractivity contribution in [2.45, 2.75) is 25.9 Å². The molecule has 0 bridgehead atoms. The van der Waals surface area contributed by atoms with Crippen molar-refractivity contribution < 1.29 is 19.0 Å². The van der Waals surface area contributed by atoms with Crippen LogP contribution < -0.4 is 5.32 Å². The van der Waals surface area contributed by atoms with E-state index < -0.39 is 0 Å². The summed E-state index contributed by atoms with van der Waals surface area (Å²) < 4.78 is 18.1. The first-order chi connectivity index (χ1) is 12.2. The Morgan fingerprint density at radius 2 is 1.56 bits per heavy atom. The van der Waals surface area contributed by atoms with Crippen LogP contribution in [-0.2, 0) is 29.0 Å². The van der Waals surface area contributed by atoms with E-state index in [9.17, 15) is 9.18 Å². The van der Waals surface area contributed by atoms with Crippen LogP contribution in [0.4, 0.5) is 4.39 Å². The molecule has 0 aliphatic heterocycles. The van der Waals surface area contributed by atoms with Gasteiger partial charge in [-0.1, -0.05) is 36.4 Å². The zero-order chi connectivity index (χ0) is 17.9. The Kier molecular flexibility index (Phi) is 8.09. The van der Waals surface area contributed by atoms with Crippen molar-refractivity contribution >= 4 is 5.91 Å². The third-order valence-electron chi connectivity index (χ3n) is 3.80. The minimum atomic E-state index is -0.287. The van der Waals surface area contributed by atoms with Crippen molar-refractivity contribution in [3.8, 4) is 0 Å². The third-order valence-corrected chi connectivity index (χ3v) is 3.80. The summed E-state index contributed by atoms with van der Waals surface area (Å²) in [6.07, 6.45) is 2.41. The molecule has 0 unspecified atom stereocenters. The Bertz CT molecular complexity index is 641. The number of ether oxygens (including phenoxy) is 1. The van der Waals surface area contributed by atoms with Crippen LogP contribution in [0.2, 0.25) is 0 Å². The second-order valence-electron chi connectivity index (χ2n) is 5.86.